The topological polar surface area (TPSA) is 99.6 Å². The number of anilines is 1. The van der Waals surface area contributed by atoms with E-state index in [4.69, 9.17) is 14.2 Å². The summed E-state index contributed by atoms with van der Waals surface area (Å²) in [5.41, 5.74) is 0.469. The first kappa shape index (κ1) is 19.3. The maximum atomic E-state index is 12.7. The van der Waals surface area contributed by atoms with Crippen LogP contribution in [0.1, 0.15) is 11.8 Å². The summed E-state index contributed by atoms with van der Waals surface area (Å²) in [7, 11) is -3.85. The van der Waals surface area contributed by atoms with Gasteiger partial charge in [0, 0.05) is 6.07 Å². The highest BCUT2D eigenvalue weighted by molar-refractivity contribution is 7.92. The Balaban J connectivity index is 1.67. The van der Waals surface area contributed by atoms with Crippen LogP contribution in [0.15, 0.2) is 71.6 Å². The van der Waals surface area contributed by atoms with Gasteiger partial charge in [0.25, 0.3) is 10.0 Å². The number of benzene rings is 2. The molecule has 0 aliphatic carbocycles. The third kappa shape index (κ3) is 4.89. The van der Waals surface area contributed by atoms with Crippen molar-refractivity contribution in [2.45, 2.75) is 11.0 Å². The van der Waals surface area contributed by atoms with Gasteiger partial charge in [0.1, 0.15) is 11.9 Å². The lowest BCUT2D eigenvalue weighted by Crippen LogP contribution is -2.23. The average molecular weight is 413 g/mol. The molecule has 2 aromatic carbocycles. The van der Waals surface area contributed by atoms with Crippen molar-refractivity contribution in [1.29, 1.82) is 0 Å². The van der Waals surface area contributed by atoms with Crippen LogP contribution >= 0.6 is 0 Å². The Labute approximate surface area is 168 Å². The molecule has 1 unspecified atom stereocenters. The molecule has 1 N–H and O–H groups in total. The van der Waals surface area contributed by atoms with Crippen molar-refractivity contribution in [3.63, 3.8) is 0 Å². The molecule has 1 fully saturated rings. The number of sulfonamides is 1. The SMILES string of the molecule is O=S(=O)(Nc1nc(Oc2ccccc2)cc(C2COCCO2)n1)c1ccccc1. The van der Waals surface area contributed by atoms with Crippen molar-refractivity contribution >= 4 is 16.0 Å². The van der Waals surface area contributed by atoms with Crippen molar-refractivity contribution in [3.8, 4) is 11.6 Å². The van der Waals surface area contributed by atoms with E-state index in [1.165, 1.54) is 12.1 Å². The van der Waals surface area contributed by atoms with E-state index in [-0.39, 0.29) is 16.7 Å². The first-order valence-corrected chi connectivity index (χ1v) is 10.5. The maximum Gasteiger partial charge on any atom is 0.264 e. The smallest absolute Gasteiger partial charge is 0.264 e. The number of hydrogen-bond donors (Lipinski definition) is 1. The third-order valence-electron chi connectivity index (χ3n) is 4.11. The van der Waals surface area contributed by atoms with Crippen LogP contribution in [0, 0.1) is 0 Å². The summed E-state index contributed by atoms with van der Waals surface area (Å²) in [6, 6.07) is 18.7. The highest BCUT2D eigenvalue weighted by Gasteiger charge is 2.22. The quantitative estimate of drug-likeness (QED) is 0.663. The monoisotopic (exact) mass is 413 g/mol. The maximum absolute atomic E-state index is 12.7. The molecule has 1 aliphatic rings. The summed E-state index contributed by atoms with van der Waals surface area (Å²) in [4.78, 5) is 8.65. The van der Waals surface area contributed by atoms with Gasteiger partial charge in [0.05, 0.1) is 30.4 Å². The van der Waals surface area contributed by atoms with Crippen molar-refractivity contribution in [3.05, 3.63) is 72.4 Å². The molecule has 2 heterocycles. The molecule has 0 saturated carbocycles. The second kappa shape index (κ2) is 8.56. The van der Waals surface area contributed by atoms with E-state index in [2.05, 4.69) is 14.7 Å². The van der Waals surface area contributed by atoms with Gasteiger partial charge in [-0.25, -0.2) is 18.1 Å². The Bertz CT molecular complexity index is 1060. The summed E-state index contributed by atoms with van der Waals surface area (Å²) >= 11 is 0. The van der Waals surface area contributed by atoms with E-state index in [9.17, 15) is 8.42 Å². The first-order chi connectivity index (χ1) is 14.1. The van der Waals surface area contributed by atoms with E-state index >= 15 is 0 Å². The van der Waals surface area contributed by atoms with Gasteiger partial charge in [0.15, 0.2) is 0 Å². The van der Waals surface area contributed by atoms with E-state index in [1.807, 2.05) is 18.2 Å². The van der Waals surface area contributed by atoms with Gasteiger partial charge in [-0.3, -0.25) is 0 Å². The molecule has 150 valence electrons. The van der Waals surface area contributed by atoms with Crippen LogP contribution in [-0.4, -0.2) is 38.2 Å². The first-order valence-electron chi connectivity index (χ1n) is 8.99. The van der Waals surface area contributed by atoms with Crippen molar-refractivity contribution in [2.24, 2.45) is 0 Å². The van der Waals surface area contributed by atoms with Gasteiger partial charge in [-0.05, 0) is 24.3 Å². The van der Waals surface area contributed by atoms with Crippen LogP contribution in [0.25, 0.3) is 0 Å². The Morgan fingerprint density at radius 1 is 0.966 bits per heavy atom. The number of para-hydroxylation sites is 1. The normalized spacial score (nSPS) is 16.9. The minimum Gasteiger partial charge on any atom is -0.439 e. The molecule has 9 heteroatoms. The van der Waals surface area contributed by atoms with Gasteiger partial charge in [-0.1, -0.05) is 36.4 Å². The molecule has 1 aromatic heterocycles. The van der Waals surface area contributed by atoms with Crippen molar-refractivity contribution < 1.29 is 22.6 Å². The zero-order valence-corrected chi connectivity index (χ0v) is 16.2. The number of ether oxygens (including phenoxy) is 3. The predicted molar refractivity (Wildman–Crippen MR) is 105 cm³/mol. The van der Waals surface area contributed by atoms with Crippen LogP contribution in [0.2, 0.25) is 0 Å². The van der Waals surface area contributed by atoms with Crippen molar-refractivity contribution in [1.82, 2.24) is 9.97 Å². The van der Waals surface area contributed by atoms with Gasteiger partial charge < -0.3 is 14.2 Å². The lowest BCUT2D eigenvalue weighted by molar-refractivity contribution is -0.0918. The Hall–Kier alpha value is -3.01. The zero-order chi connectivity index (χ0) is 20.1. The molecule has 0 radical (unpaired) electrons. The predicted octanol–water partition coefficient (Wildman–Crippen LogP) is 3.16. The fourth-order valence-electron chi connectivity index (χ4n) is 2.75. The van der Waals surface area contributed by atoms with Crippen molar-refractivity contribution in [2.75, 3.05) is 24.5 Å². The summed E-state index contributed by atoms with van der Waals surface area (Å²) in [5, 5.41) is 0. The van der Waals surface area contributed by atoms with E-state index in [0.29, 0.717) is 31.3 Å². The minimum absolute atomic E-state index is 0.105. The molecule has 1 atom stereocenters. The second-order valence-corrected chi connectivity index (χ2v) is 7.91. The molecule has 29 heavy (non-hydrogen) atoms. The van der Waals surface area contributed by atoms with E-state index in [0.717, 1.165) is 0 Å². The fourth-order valence-corrected chi connectivity index (χ4v) is 3.72. The summed E-state index contributed by atoms with van der Waals surface area (Å²) < 4.78 is 44.7. The number of hydrogen-bond acceptors (Lipinski definition) is 7. The standard InChI is InChI=1S/C20H19N3O5S/c24-29(25,16-9-5-2-6-10-16)23-20-21-17(18-14-26-11-12-27-18)13-19(22-20)28-15-7-3-1-4-8-15/h1-10,13,18H,11-12,14H2,(H,21,22,23). The van der Waals surface area contributed by atoms with Crippen LogP contribution in [0.3, 0.4) is 0 Å². The number of rotatable bonds is 6. The lowest BCUT2D eigenvalue weighted by atomic mass is 10.2. The molecule has 0 bridgehead atoms. The van der Waals surface area contributed by atoms with Gasteiger partial charge in [-0.15, -0.1) is 0 Å². The Morgan fingerprint density at radius 3 is 2.38 bits per heavy atom. The van der Waals surface area contributed by atoms with E-state index in [1.54, 1.807) is 36.4 Å². The van der Waals surface area contributed by atoms with Crippen LogP contribution in [0.4, 0.5) is 5.95 Å². The number of nitrogens with one attached hydrogen (secondary N) is 1. The van der Waals surface area contributed by atoms with Gasteiger partial charge >= 0.3 is 0 Å². The molecule has 4 rings (SSSR count). The fraction of sp³-hybridized carbons (Fsp3) is 0.200. The van der Waals surface area contributed by atoms with Crippen LogP contribution in [0.5, 0.6) is 11.6 Å². The molecule has 8 nitrogen and oxygen atoms in total. The largest absolute Gasteiger partial charge is 0.439 e. The highest BCUT2D eigenvalue weighted by Crippen LogP contribution is 2.27. The highest BCUT2D eigenvalue weighted by atomic mass is 32.2. The van der Waals surface area contributed by atoms with Crippen LogP contribution < -0.4 is 9.46 Å². The number of nitrogens with zero attached hydrogens (tertiary/aromatic N) is 2. The van der Waals surface area contributed by atoms with Crippen LogP contribution in [-0.2, 0) is 19.5 Å². The minimum atomic E-state index is -3.85. The third-order valence-corrected chi connectivity index (χ3v) is 5.46. The van der Waals surface area contributed by atoms with E-state index < -0.39 is 16.1 Å². The zero-order valence-electron chi connectivity index (χ0n) is 15.4. The molecule has 1 saturated heterocycles. The molecular weight excluding hydrogens is 394 g/mol. The summed E-state index contributed by atoms with van der Waals surface area (Å²) in [6.07, 6.45) is -0.440. The summed E-state index contributed by atoms with van der Waals surface area (Å²) in [5.74, 6) is 0.655. The summed E-state index contributed by atoms with van der Waals surface area (Å²) in [6.45, 7) is 1.24. The average Bonchev–Trinajstić information content (AvgIpc) is 2.75. The second-order valence-electron chi connectivity index (χ2n) is 6.22. The molecule has 0 amide bonds. The molecule has 0 spiro atoms. The Kier molecular flexibility index (Phi) is 5.70. The molecule has 3 aromatic rings. The number of aromatic nitrogens is 2. The Morgan fingerprint density at radius 2 is 1.69 bits per heavy atom. The van der Waals surface area contributed by atoms with Gasteiger partial charge in [0.2, 0.25) is 11.8 Å². The lowest BCUT2D eigenvalue weighted by Gasteiger charge is -2.23. The molecular formula is C20H19N3O5S. The van der Waals surface area contributed by atoms with Gasteiger partial charge in [-0.2, -0.15) is 4.98 Å². The molecule has 1 aliphatic heterocycles.